The molecule has 0 saturated carbocycles. The van der Waals surface area contributed by atoms with Crippen molar-refractivity contribution in [2.45, 2.75) is 19.4 Å². The maximum atomic E-state index is 12.0. The molecular formula is C14H19Cl2N3O. The lowest BCUT2D eigenvalue weighted by molar-refractivity contribution is -0.116. The Morgan fingerprint density at radius 2 is 2.30 bits per heavy atom. The Labute approximate surface area is 129 Å². The van der Waals surface area contributed by atoms with Gasteiger partial charge in [-0.15, -0.1) is 0 Å². The zero-order valence-electron chi connectivity index (χ0n) is 11.5. The van der Waals surface area contributed by atoms with Gasteiger partial charge in [0.05, 0.1) is 10.7 Å². The SMILES string of the molecule is C[C@@H]1CNCCN1CCC(=O)Nc1cc(Cl)ccc1Cl. The predicted octanol–water partition coefficient (Wildman–Crippen LogP) is 2.62. The number of amides is 1. The average molecular weight is 316 g/mol. The van der Waals surface area contributed by atoms with E-state index < -0.39 is 0 Å². The molecule has 4 nitrogen and oxygen atoms in total. The Morgan fingerprint density at radius 3 is 3.05 bits per heavy atom. The third-order valence-corrected chi connectivity index (χ3v) is 4.03. The van der Waals surface area contributed by atoms with Crippen molar-refractivity contribution in [2.75, 3.05) is 31.5 Å². The maximum absolute atomic E-state index is 12.0. The smallest absolute Gasteiger partial charge is 0.225 e. The molecule has 1 heterocycles. The number of hydrogen-bond donors (Lipinski definition) is 2. The molecule has 1 aliphatic heterocycles. The highest BCUT2D eigenvalue weighted by molar-refractivity contribution is 6.35. The Morgan fingerprint density at radius 1 is 1.50 bits per heavy atom. The molecule has 2 rings (SSSR count). The maximum Gasteiger partial charge on any atom is 0.225 e. The summed E-state index contributed by atoms with van der Waals surface area (Å²) in [6.45, 7) is 5.85. The summed E-state index contributed by atoms with van der Waals surface area (Å²) in [6, 6.07) is 5.50. The van der Waals surface area contributed by atoms with Crippen LogP contribution < -0.4 is 10.6 Å². The van der Waals surface area contributed by atoms with Gasteiger partial charge in [0.15, 0.2) is 0 Å². The Balaban J connectivity index is 1.84. The molecule has 1 fully saturated rings. The van der Waals surface area contributed by atoms with Crippen molar-refractivity contribution in [3.05, 3.63) is 28.2 Å². The van der Waals surface area contributed by atoms with Crippen molar-refractivity contribution >= 4 is 34.8 Å². The van der Waals surface area contributed by atoms with Crippen molar-refractivity contribution in [2.24, 2.45) is 0 Å². The summed E-state index contributed by atoms with van der Waals surface area (Å²) in [7, 11) is 0. The van der Waals surface area contributed by atoms with E-state index in [1.54, 1.807) is 18.2 Å². The minimum Gasteiger partial charge on any atom is -0.325 e. The van der Waals surface area contributed by atoms with Gasteiger partial charge in [-0.25, -0.2) is 0 Å². The van der Waals surface area contributed by atoms with Crippen LogP contribution in [-0.4, -0.2) is 43.0 Å². The van der Waals surface area contributed by atoms with E-state index in [1.165, 1.54) is 0 Å². The molecule has 1 aliphatic rings. The van der Waals surface area contributed by atoms with Crippen LogP contribution in [0.1, 0.15) is 13.3 Å². The standard InChI is InChI=1S/C14H19Cl2N3O/c1-10-9-17-5-7-19(10)6-4-14(20)18-13-8-11(15)2-3-12(13)16/h2-3,8,10,17H,4-7,9H2,1H3,(H,18,20)/t10-/m1/s1. The number of hydrogen-bond acceptors (Lipinski definition) is 3. The van der Waals surface area contributed by atoms with Crippen molar-refractivity contribution in [1.29, 1.82) is 0 Å². The minimum atomic E-state index is -0.0418. The van der Waals surface area contributed by atoms with E-state index >= 15 is 0 Å². The molecule has 110 valence electrons. The number of carbonyl (C=O) groups is 1. The van der Waals surface area contributed by atoms with Crippen LogP contribution in [0.4, 0.5) is 5.69 Å². The highest BCUT2D eigenvalue weighted by atomic mass is 35.5. The van der Waals surface area contributed by atoms with E-state index in [9.17, 15) is 4.79 Å². The second kappa shape index (κ2) is 7.27. The molecule has 20 heavy (non-hydrogen) atoms. The number of anilines is 1. The van der Waals surface area contributed by atoms with Crippen LogP contribution in [0.15, 0.2) is 18.2 Å². The van der Waals surface area contributed by atoms with Crippen LogP contribution in [0.2, 0.25) is 10.0 Å². The highest BCUT2D eigenvalue weighted by Gasteiger charge is 2.18. The number of benzene rings is 1. The highest BCUT2D eigenvalue weighted by Crippen LogP contribution is 2.25. The summed E-state index contributed by atoms with van der Waals surface area (Å²) < 4.78 is 0. The van der Waals surface area contributed by atoms with E-state index in [0.717, 1.165) is 26.2 Å². The lowest BCUT2D eigenvalue weighted by Crippen LogP contribution is -2.50. The number of nitrogens with zero attached hydrogens (tertiary/aromatic N) is 1. The molecule has 2 N–H and O–H groups in total. The van der Waals surface area contributed by atoms with Crippen molar-refractivity contribution < 1.29 is 4.79 Å². The van der Waals surface area contributed by atoms with Crippen LogP contribution in [0.3, 0.4) is 0 Å². The molecule has 1 aromatic carbocycles. The van der Waals surface area contributed by atoms with Crippen LogP contribution >= 0.6 is 23.2 Å². The Hall–Kier alpha value is -0.810. The van der Waals surface area contributed by atoms with E-state index in [-0.39, 0.29) is 5.91 Å². The minimum absolute atomic E-state index is 0.0418. The van der Waals surface area contributed by atoms with Gasteiger partial charge in [0.2, 0.25) is 5.91 Å². The summed E-state index contributed by atoms with van der Waals surface area (Å²) in [5, 5.41) is 7.19. The summed E-state index contributed by atoms with van der Waals surface area (Å²) in [5.74, 6) is -0.0418. The molecule has 1 aromatic rings. The number of halogens is 2. The van der Waals surface area contributed by atoms with Crippen LogP contribution in [0.5, 0.6) is 0 Å². The molecule has 0 bridgehead atoms. The molecule has 1 amide bonds. The van der Waals surface area contributed by atoms with Gasteiger partial charge in [0.25, 0.3) is 0 Å². The van der Waals surface area contributed by atoms with Crippen molar-refractivity contribution in [3.63, 3.8) is 0 Å². The van der Waals surface area contributed by atoms with Gasteiger partial charge in [-0.1, -0.05) is 23.2 Å². The van der Waals surface area contributed by atoms with E-state index in [2.05, 4.69) is 22.5 Å². The first-order chi connectivity index (χ1) is 9.56. The number of nitrogens with one attached hydrogen (secondary N) is 2. The summed E-state index contributed by atoms with van der Waals surface area (Å²) in [6.07, 6.45) is 0.452. The third kappa shape index (κ3) is 4.35. The van der Waals surface area contributed by atoms with Gasteiger partial charge < -0.3 is 10.6 Å². The zero-order valence-corrected chi connectivity index (χ0v) is 13.0. The normalized spacial score (nSPS) is 19.9. The average Bonchev–Trinajstić information content (AvgIpc) is 2.42. The number of carbonyl (C=O) groups excluding carboxylic acids is 1. The molecule has 0 radical (unpaired) electrons. The fourth-order valence-corrected chi connectivity index (χ4v) is 2.60. The first-order valence-corrected chi connectivity index (χ1v) is 7.51. The predicted molar refractivity (Wildman–Crippen MR) is 83.6 cm³/mol. The zero-order chi connectivity index (χ0) is 14.5. The first-order valence-electron chi connectivity index (χ1n) is 6.76. The fraction of sp³-hybridized carbons (Fsp3) is 0.500. The molecule has 0 aliphatic carbocycles. The van der Waals surface area contributed by atoms with Crippen molar-refractivity contribution in [1.82, 2.24) is 10.2 Å². The van der Waals surface area contributed by atoms with Crippen LogP contribution in [0.25, 0.3) is 0 Å². The van der Waals surface area contributed by atoms with Gasteiger partial charge in [-0.05, 0) is 25.1 Å². The summed E-state index contributed by atoms with van der Waals surface area (Å²) in [4.78, 5) is 14.3. The van der Waals surface area contributed by atoms with Gasteiger partial charge in [-0.3, -0.25) is 9.69 Å². The molecule has 0 aromatic heterocycles. The van der Waals surface area contributed by atoms with Crippen LogP contribution in [-0.2, 0) is 4.79 Å². The Kier molecular flexibility index (Phi) is 5.66. The molecular weight excluding hydrogens is 297 g/mol. The summed E-state index contributed by atoms with van der Waals surface area (Å²) >= 11 is 11.9. The second-order valence-corrected chi connectivity index (χ2v) is 5.86. The quantitative estimate of drug-likeness (QED) is 0.897. The van der Waals surface area contributed by atoms with Gasteiger partial charge in [-0.2, -0.15) is 0 Å². The van der Waals surface area contributed by atoms with E-state index in [0.29, 0.717) is 28.2 Å². The van der Waals surface area contributed by atoms with Gasteiger partial charge in [0, 0.05) is 43.7 Å². The molecule has 6 heteroatoms. The second-order valence-electron chi connectivity index (χ2n) is 5.01. The fourth-order valence-electron chi connectivity index (χ4n) is 2.27. The lowest BCUT2D eigenvalue weighted by Gasteiger charge is -2.33. The monoisotopic (exact) mass is 315 g/mol. The Bertz CT molecular complexity index is 481. The lowest BCUT2D eigenvalue weighted by atomic mass is 10.2. The topological polar surface area (TPSA) is 44.4 Å². The number of rotatable bonds is 4. The van der Waals surface area contributed by atoms with Gasteiger partial charge in [0.1, 0.15) is 0 Å². The summed E-state index contributed by atoms with van der Waals surface area (Å²) in [5.41, 5.74) is 0.567. The molecule has 1 atom stereocenters. The van der Waals surface area contributed by atoms with Gasteiger partial charge >= 0.3 is 0 Å². The van der Waals surface area contributed by atoms with Crippen molar-refractivity contribution in [3.8, 4) is 0 Å². The first kappa shape index (κ1) is 15.6. The van der Waals surface area contributed by atoms with E-state index in [4.69, 9.17) is 23.2 Å². The van der Waals surface area contributed by atoms with E-state index in [1.807, 2.05) is 0 Å². The van der Waals surface area contributed by atoms with Crippen LogP contribution in [0, 0.1) is 0 Å². The molecule has 0 unspecified atom stereocenters. The molecule has 0 spiro atoms. The molecule has 1 saturated heterocycles. The number of piperazine rings is 1. The largest absolute Gasteiger partial charge is 0.325 e. The third-order valence-electron chi connectivity index (χ3n) is 3.47.